The summed E-state index contributed by atoms with van der Waals surface area (Å²) in [7, 11) is 0. The third kappa shape index (κ3) is 2.78. The van der Waals surface area contributed by atoms with E-state index < -0.39 is 6.10 Å². The molecule has 1 aromatic carbocycles. The van der Waals surface area contributed by atoms with Crippen LogP contribution in [0.25, 0.3) is 0 Å². The molecule has 1 heterocycles. The highest BCUT2D eigenvalue weighted by atomic mass is 35.5. The van der Waals surface area contributed by atoms with E-state index in [1.165, 1.54) is 0 Å². The van der Waals surface area contributed by atoms with Gasteiger partial charge in [-0.25, -0.2) is 0 Å². The smallest absolute Gasteiger partial charge is 0.0985 e. The summed E-state index contributed by atoms with van der Waals surface area (Å²) >= 11 is 5.90. The Kier molecular flexibility index (Phi) is 3.36. The molecule has 1 aromatic heterocycles. The fourth-order valence-corrected chi connectivity index (χ4v) is 1.74. The van der Waals surface area contributed by atoms with Crippen molar-refractivity contribution in [1.82, 2.24) is 9.78 Å². The Hall–Kier alpha value is -1.52. The van der Waals surface area contributed by atoms with Crippen molar-refractivity contribution in [2.24, 2.45) is 0 Å². The molecule has 0 aliphatic carbocycles. The third-order valence-electron chi connectivity index (χ3n) is 2.57. The molecular formula is C12H14ClN3O. The average Bonchev–Trinajstić information content (AvgIpc) is 2.58. The van der Waals surface area contributed by atoms with Gasteiger partial charge in [0.25, 0.3) is 0 Å². The van der Waals surface area contributed by atoms with E-state index in [-0.39, 0.29) is 0 Å². The SMILES string of the molecule is Cc1nn(CC(O)c2ccc(N)cc2)cc1Cl. The van der Waals surface area contributed by atoms with Gasteiger partial charge in [-0.3, -0.25) is 4.68 Å². The second-order valence-electron chi connectivity index (χ2n) is 3.97. The summed E-state index contributed by atoms with van der Waals surface area (Å²) in [5.41, 5.74) is 7.83. The van der Waals surface area contributed by atoms with Gasteiger partial charge in [0.15, 0.2) is 0 Å². The van der Waals surface area contributed by atoms with Gasteiger partial charge < -0.3 is 10.8 Å². The van der Waals surface area contributed by atoms with Crippen LogP contribution in [0.15, 0.2) is 30.5 Å². The van der Waals surface area contributed by atoms with E-state index in [9.17, 15) is 5.11 Å². The van der Waals surface area contributed by atoms with Crippen LogP contribution in [-0.4, -0.2) is 14.9 Å². The molecule has 0 radical (unpaired) electrons. The van der Waals surface area contributed by atoms with Crippen molar-refractivity contribution in [3.8, 4) is 0 Å². The molecular weight excluding hydrogens is 238 g/mol. The molecule has 1 unspecified atom stereocenters. The van der Waals surface area contributed by atoms with Crippen LogP contribution in [0.4, 0.5) is 5.69 Å². The maximum absolute atomic E-state index is 10.0. The predicted molar refractivity (Wildman–Crippen MR) is 67.8 cm³/mol. The van der Waals surface area contributed by atoms with Crippen LogP contribution < -0.4 is 5.73 Å². The minimum absolute atomic E-state index is 0.372. The number of hydrogen-bond acceptors (Lipinski definition) is 3. The van der Waals surface area contributed by atoms with Crippen molar-refractivity contribution in [2.45, 2.75) is 19.6 Å². The van der Waals surface area contributed by atoms with E-state index in [0.29, 0.717) is 17.3 Å². The first-order valence-corrected chi connectivity index (χ1v) is 5.67. The molecule has 0 spiro atoms. The number of aliphatic hydroxyl groups excluding tert-OH is 1. The zero-order valence-corrected chi connectivity index (χ0v) is 10.2. The first-order valence-electron chi connectivity index (χ1n) is 5.29. The van der Waals surface area contributed by atoms with Crippen molar-refractivity contribution in [1.29, 1.82) is 0 Å². The standard InChI is InChI=1S/C12H14ClN3O/c1-8-11(13)6-16(15-8)7-12(17)9-2-4-10(14)5-3-9/h2-6,12,17H,7,14H2,1H3. The van der Waals surface area contributed by atoms with Crippen molar-refractivity contribution >= 4 is 17.3 Å². The highest BCUT2D eigenvalue weighted by Crippen LogP contribution is 2.18. The number of nitrogen functional groups attached to an aromatic ring is 1. The number of anilines is 1. The molecule has 3 N–H and O–H groups in total. The fourth-order valence-electron chi connectivity index (χ4n) is 1.59. The quantitative estimate of drug-likeness (QED) is 0.822. The number of benzene rings is 1. The van der Waals surface area contributed by atoms with Crippen LogP contribution in [-0.2, 0) is 6.54 Å². The van der Waals surface area contributed by atoms with Crippen LogP contribution in [0.5, 0.6) is 0 Å². The van der Waals surface area contributed by atoms with E-state index in [2.05, 4.69) is 5.10 Å². The van der Waals surface area contributed by atoms with Gasteiger partial charge in [0.05, 0.1) is 23.4 Å². The normalized spacial score (nSPS) is 12.6. The van der Waals surface area contributed by atoms with Crippen LogP contribution in [0.2, 0.25) is 5.02 Å². The molecule has 0 saturated heterocycles. The van der Waals surface area contributed by atoms with Gasteiger partial charge in [-0.2, -0.15) is 5.10 Å². The Bertz CT molecular complexity index is 487. The summed E-state index contributed by atoms with van der Waals surface area (Å²) in [6.07, 6.45) is 1.09. The number of halogens is 1. The zero-order valence-electron chi connectivity index (χ0n) is 9.47. The molecule has 17 heavy (non-hydrogen) atoms. The summed E-state index contributed by atoms with van der Waals surface area (Å²) in [6.45, 7) is 2.20. The molecule has 0 aliphatic heterocycles. The van der Waals surface area contributed by atoms with Crippen molar-refractivity contribution in [2.75, 3.05) is 5.73 Å². The maximum atomic E-state index is 10.0. The van der Waals surface area contributed by atoms with E-state index in [1.807, 2.05) is 6.92 Å². The van der Waals surface area contributed by atoms with Gasteiger partial charge in [0.2, 0.25) is 0 Å². The summed E-state index contributed by atoms with van der Waals surface area (Å²) in [5, 5.41) is 14.8. The second-order valence-corrected chi connectivity index (χ2v) is 4.37. The van der Waals surface area contributed by atoms with E-state index >= 15 is 0 Å². The Labute approximate surface area is 105 Å². The molecule has 4 nitrogen and oxygen atoms in total. The number of aromatic nitrogens is 2. The lowest BCUT2D eigenvalue weighted by atomic mass is 10.1. The van der Waals surface area contributed by atoms with Gasteiger partial charge in [-0.1, -0.05) is 23.7 Å². The van der Waals surface area contributed by atoms with E-state index in [0.717, 1.165) is 11.3 Å². The van der Waals surface area contributed by atoms with Crippen LogP contribution in [0, 0.1) is 6.92 Å². The highest BCUT2D eigenvalue weighted by molar-refractivity contribution is 6.31. The largest absolute Gasteiger partial charge is 0.399 e. The average molecular weight is 252 g/mol. The molecule has 2 aromatic rings. The van der Waals surface area contributed by atoms with E-state index in [1.54, 1.807) is 35.1 Å². The predicted octanol–water partition coefficient (Wildman–Crippen LogP) is 2.16. The minimum atomic E-state index is -0.619. The monoisotopic (exact) mass is 251 g/mol. The molecule has 0 fully saturated rings. The maximum Gasteiger partial charge on any atom is 0.0985 e. The molecule has 2 rings (SSSR count). The second kappa shape index (κ2) is 4.77. The number of hydrogen-bond donors (Lipinski definition) is 2. The summed E-state index contributed by atoms with van der Waals surface area (Å²) in [6, 6.07) is 7.13. The van der Waals surface area contributed by atoms with Crippen LogP contribution in [0.1, 0.15) is 17.4 Å². The molecule has 90 valence electrons. The van der Waals surface area contributed by atoms with Gasteiger partial charge in [-0.05, 0) is 24.6 Å². The summed E-state index contributed by atoms with van der Waals surface area (Å²) < 4.78 is 1.64. The van der Waals surface area contributed by atoms with E-state index in [4.69, 9.17) is 17.3 Å². The number of nitrogens with zero attached hydrogens (tertiary/aromatic N) is 2. The first kappa shape index (κ1) is 12.0. The first-order chi connectivity index (χ1) is 8.06. The van der Waals surface area contributed by atoms with Crippen molar-refractivity contribution in [3.05, 3.63) is 46.7 Å². The fraction of sp³-hybridized carbons (Fsp3) is 0.250. The lowest BCUT2D eigenvalue weighted by molar-refractivity contribution is 0.151. The topological polar surface area (TPSA) is 64.1 Å². The number of nitrogens with two attached hydrogens (primary N) is 1. The molecule has 0 saturated carbocycles. The Morgan fingerprint density at radius 3 is 2.59 bits per heavy atom. The summed E-state index contributed by atoms with van der Waals surface area (Å²) in [5.74, 6) is 0. The van der Waals surface area contributed by atoms with Gasteiger partial charge in [0, 0.05) is 11.9 Å². The Morgan fingerprint density at radius 1 is 1.41 bits per heavy atom. The van der Waals surface area contributed by atoms with Crippen LogP contribution >= 0.6 is 11.6 Å². The number of rotatable bonds is 3. The Balaban J connectivity index is 2.11. The van der Waals surface area contributed by atoms with Gasteiger partial charge >= 0.3 is 0 Å². The Morgan fingerprint density at radius 2 is 2.06 bits per heavy atom. The summed E-state index contributed by atoms with van der Waals surface area (Å²) in [4.78, 5) is 0. The minimum Gasteiger partial charge on any atom is -0.399 e. The molecule has 5 heteroatoms. The molecule has 0 amide bonds. The van der Waals surface area contributed by atoms with Gasteiger partial charge in [-0.15, -0.1) is 0 Å². The van der Waals surface area contributed by atoms with Crippen molar-refractivity contribution in [3.63, 3.8) is 0 Å². The molecule has 1 atom stereocenters. The zero-order chi connectivity index (χ0) is 12.4. The highest BCUT2D eigenvalue weighted by Gasteiger charge is 2.10. The van der Waals surface area contributed by atoms with Crippen molar-refractivity contribution < 1.29 is 5.11 Å². The number of aryl methyl sites for hydroxylation is 1. The number of aliphatic hydroxyl groups is 1. The lowest BCUT2D eigenvalue weighted by Crippen LogP contribution is -2.09. The van der Waals surface area contributed by atoms with Crippen LogP contribution in [0.3, 0.4) is 0 Å². The van der Waals surface area contributed by atoms with Gasteiger partial charge in [0.1, 0.15) is 0 Å². The molecule has 0 aliphatic rings. The third-order valence-corrected chi connectivity index (χ3v) is 2.94. The molecule has 0 bridgehead atoms. The lowest BCUT2D eigenvalue weighted by Gasteiger charge is -2.11.